The molecule has 0 aliphatic carbocycles. The van der Waals surface area contributed by atoms with Gasteiger partial charge in [0, 0.05) is 37.6 Å². The van der Waals surface area contributed by atoms with Crippen LogP contribution in [-0.4, -0.2) is 35.6 Å². The Labute approximate surface area is 106 Å². The molecule has 0 aromatic carbocycles. The van der Waals surface area contributed by atoms with E-state index in [1.165, 1.54) is 12.0 Å². The lowest BCUT2D eigenvalue weighted by Gasteiger charge is -2.32. The first-order valence-corrected chi connectivity index (χ1v) is 6.48. The Morgan fingerprint density at radius 2 is 2.06 bits per heavy atom. The maximum atomic E-state index is 3.52. The van der Waals surface area contributed by atoms with Crippen LogP contribution in [0.15, 0.2) is 18.5 Å². The molecule has 0 saturated heterocycles. The zero-order chi connectivity index (χ0) is 12.9. The summed E-state index contributed by atoms with van der Waals surface area (Å²) in [6.45, 7) is 9.78. The summed E-state index contributed by atoms with van der Waals surface area (Å²) in [4.78, 5) is 2.25. The van der Waals surface area contributed by atoms with Gasteiger partial charge in [-0.2, -0.15) is 0 Å². The summed E-state index contributed by atoms with van der Waals surface area (Å²) >= 11 is 0. The van der Waals surface area contributed by atoms with Gasteiger partial charge in [-0.1, -0.05) is 6.92 Å². The van der Waals surface area contributed by atoms with Crippen LogP contribution in [0.4, 0.5) is 0 Å². The second kappa shape index (κ2) is 6.22. The number of nitrogens with zero attached hydrogens (tertiary/aromatic N) is 2. The van der Waals surface area contributed by atoms with Gasteiger partial charge < -0.3 is 14.8 Å². The number of hydrogen-bond acceptors (Lipinski definition) is 2. The van der Waals surface area contributed by atoms with Gasteiger partial charge in [-0.15, -0.1) is 0 Å². The third-order valence-electron chi connectivity index (χ3n) is 3.39. The fraction of sp³-hybridized carbons (Fsp3) is 0.714. The summed E-state index contributed by atoms with van der Waals surface area (Å²) in [5.41, 5.74) is 1.57. The Morgan fingerprint density at radius 1 is 1.35 bits per heavy atom. The molecule has 3 heteroatoms. The van der Waals surface area contributed by atoms with Crippen molar-refractivity contribution < 1.29 is 0 Å². The number of nitrogens with one attached hydrogen (secondary N) is 1. The molecule has 0 atom stereocenters. The second-order valence-electron chi connectivity index (χ2n) is 5.57. The van der Waals surface area contributed by atoms with E-state index in [1.807, 2.05) is 0 Å². The van der Waals surface area contributed by atoms with Crippen LogP contribution in [0.1, 0.15) is 32.8 Å². The lowest BCUT2D eigenvalue weighted by atomic mass is 10.0. The molecule has 0 amide bonds. The molecule has 0 spiro atoms. The van der Waals surface area contributed by atoms with Crippen molar-refractivity contribution in [1.29, 1.82) is 0 Å². The van der Waals surface area contributed by atoms with E-state index in [1.54, 1.807) is 0 Å². The van der Waals surface area contributed by atoms with Crippen molar-refractivity contribution in [2.24, 2.45) is 0 Å². The summed E-state index contributed by atoms with van der Waals surface area (Å²) < 4.78 is 2.26. The van der Waals surface area contributed by atoms with Gasteiger partial charge in [0.15, 0.2) is 0 Å². The zero-order valence-corrected chi connectivity index (χ0v) is 12.0. The van der Waals surface area contributed by atoms with Gasteiger partial charge in [-0.25, -0.2) is 0 Å². The minimum absolute atomic E-state index is 0.200. The lowest BCUT2D eigenvalue weighted by Crippen LogP contribution is -2.46. The van der Waals surface area contributed by atoms with Crippen LogP contribution in [0.25, 0.3) is 0 Å². The molecule has 1 N–H and O–H groups in total. The Hall–Kier alpha value is -0.800. The van der Waals surface area contributed by atoms with Crippen molar-refractivity contribution >= 4 is 0 Å². The SMILES string of the molecule is CCCn1ccc(CNCC(C)(C)N(C)C)c1. The summed E-state index contributed by atoms with van der Waals surface area (Å²) in [5, 5.41) is 3.52. The molecular formula is C14H27N3. The quantitative estimate of drug-likeness (QED) is 0.785. The van der Waals surface area contributed by atoms with Crippen LogP contribution in [-0.2, 0) is 13.1 Å². The van der Waals surface area contributed by atoms with Crippen LogP contribution in [0.2, 0.25) is 0 Å². The van der Waals surface area contributed by atoms with E-state index in [9.17, 15) is 0 Å². The number of hydrogen-bond donors (Lipinski definition) is 1. The maximum Gasteiger partial charge on any atom is 0.0271 e. The van der Waals surface area contributed by atoms with Crippen molar-refractivity contribution in [3.05, 3.63) is 24.0 Å². The van der Waals surface area contributed by atoms with Crippen LogP contribution in [0, 0.1) is 0 Å². The Morgan fingerprint density at radius 3 is 2.65 bits per heavy atom. The van der Waals surface area contributed by atoms with E-state index in [-0.39, 0.29) is 5.54 Å². The van der Waals surface area contributed by atoms with E-state index >= 15 is 0 Å². The molecule has 0 aliphatic heterocycles. The molecule has 0 aliphatic rings. The Kier molecular flexibility index (Phi) is 5.22. The second-order valence-corrected chi connectivity index (χ2v) is 5.57. The molecule has 17 heavy (non-hydrogen) atoms. The van der Waals surface area contributed by atoms with Gasteiger partial charge in [0.25, 0.3) is 0 Å². The van der Waals surface area contributed by atoms with Crippen LogP contribution in [0.5, 0.6) is 0 Å². The van der Waals surface area contributed by atoms with Gasteiger partial charge in [0.1, 0.15) is 0 Å². The molecule has 0 fully saturated rings. The topological polar surface area (TPSA) is 20.2 Å². The third-order valence-corrected chi connectivity index (χ3v) is 3.39. The van der Waals surface area contributed by atoms with Gasteiger partial charge >= 0.3 is 0 Å². The minimum atomic E-state index is 0.200. The highest BCUT2D eigenvalue weighted by molar-refractivity contribution is 5.10. The van der Waals surface area contributed by atoms with Gasteiger partial charge in [0.05, 0.1) is 0 Å². The highest BCUT2D eigenvalue weighted by atomic mass is 15.2. The average molecular weight is 237 g/mol. The van der Waals surface area contributed by atoms with E-state index in [0.717, 1.165) is 19.6 Å². The van der Waals surface area contributed by atoms with Crippen molar-refractivity contribution in [3.8, 4) is 0 Å². The van der Waals surface area contributed by atoms with Crippen molar-refractivity contribution in [2.45, 2.75) is 45.8 Å². The highest BCUT2D eigenvalue weighted by Crippen LogP contribution is 2.08. The van der Waals surface area contributed by atoms with Gasteiger partial charge in [-0.05, 0) is 46.0 Å². The first-order valence-electron chi connectivity index (χ1n) is 6.48. The molecule has 1 aromatic heterocycles. The summed E-state index contributed by atoms with van der Waals surface area (Å²) in [7, 11) is 4.25. The molecule has 0 unspecified atom stereocenters. The molecule has 98 valence electrons. The molecule has 1 heterocycles. The van der Waals surface area contributed by atoms with Crippen LogP contribution in [0.3, 0.4) is 0 Å². The van der Waals surface area contributed by atoms with E-state index < -0.39 is 0 Å². The zero-order valence-electron chi connectivity index (χ0n) is 12.0. The fourth-order valence-corrected chi connectivity index (χ4v) is 1.66. The average Bonchev–Trinajstić information content (AvgIpc) is 2.66. The lowest BCUT2D eigenvalue weighted by molar-refractivity contribution is 0.190. The van der Waals surface area contributed by atoms with Crippen molar-refractivity contribution in [1.82, 2.24) is 14.8 Å². The summed E-state index contributed by atoms with van der Waals surface area (Å²) in [6.07, 6.45) is 5.59. The predicted molar refractivity (Wildman–Crippen MR) is 74.2 cm³/mol. The first kappa shape index (κ1) is 14.3. The van der Waals surface area contributed by atoms with Crippen LogP contribution < -0.4 is 5.32 Å². The summed E-state index contributed by atoms with van der Waals surface area (Å²) in [5.74, 6) is 0. The first-order chi connectivity index (χ1) is 7.95. The standard InChI is InChI=1S/C14H27N3/c1-6-8-17-9-7-13(11-17)10-15-12-14(2,3)16(4)5/h7,9,11,15H,6,8,10,12H2,1-5H3. The summed E-state index contributed by atoms with van der Waals surface area (Å²) in [6, 6.07) is 2.20. The number of likely N-dealkylation sites (N-methyl/N-ethyl adjacent to an activating group) is 1. The van der Waals surface area contributed by atoms with Crippen molar-refractivity contribution in [3.63, 3.8) is 0 Å². The molecule has 1 aromatic rings. The van der Waals surface area contributed by atoms with Crippen LogP contribution >= 0.6 is 0 Å². The minimum Gasteiger partial charge on any atom is -0.354 e. The number of rotatable bonds is 7. The molecule has 1 rings (SSSR count). The fourth-order valence-electron chi connectivity index (χ4n) is 1.66. The monoisotopic (exact) mass is 237 g/mol. The van der Waals surface area contributed by atoms with Gasteiger partial charge in [-0.3, -0.25) is 0 Å². The van der Waals surface area contributed by atoms with E-state index in [4.69, 9.17) is 0 Å². The van der Waals surface area contributed by atoms with E-state index in [0.29, 0.717) is 0 Å². The van der Waals surface area contributed by atoms with Gasteiger partial charge in [0.2, 0.25) is 0 Å². The third kappa shape index (κ3) is 4.52. The predicted octanol–water partition coefficient (Wildman–Crippen LogP) is 2.33. The maximum absolute atomic E-state index is 3.52. The largest absolute Gasteiger partial charge is 0.354 e. The smallest absolute Gasteiger partial charge is 0.0271 e. The Bertz CT molecular complexity index is 326. The molecule has 0 bridgehead atoms. The van der Waals surface area contributed by atoms with E-state index in [2.05, 4.69) is 68.1 Å². The molecule has 3 nitrogen and oxygen atoms in total. The number of aryl methyl sites for hydroxylation is 1. The van der Waals surface area contributed by atoms with Crippen molar-refractivity contribution in [2.75, 3.05) is 20.6 Å². The normalized spacial score (nSPS) is 12.4. The molecule has 0 saturated carbocycles. The molecule has 0 radical (unpaired) electrons. The highest BCUT2D eigenvalue weighted by Gasteiger charge is 2.19. The number of aromatic nitrogens is 1. The Balaban J connectivity index is 2.35. The molecular weight excluding hydrogens is 210 g/mol.